The van der Waals surface area contributed by atoms with Crippen molar-refractivity contribution in [3.05, 3.63) is 39.3 Å². The SMILES string of the molecule is CC(C)CC(=O)N1CCC[C@H]1c1nnc(C(=O)Nc2cccc(Cl)c2)s1. The van der Waals surface area contributed by atoms with E-state index in [4.69, 9.17) is 11.6 Å². The van der Waals surface area contributed by atoms with Crippen molar-refractivity contribution in [3.63, 3.8) is 0 Å². The number of halogens is 1. The summed E-state index contributed by atoms with van der Waals surface area (Å²) in [5.74, 6) is 0.133. The number of carbonyl (C=O) groups excluding carboxylic acids is 2. The van der Waals surface area contributed by atoms with Crippen LogP contribution in [0.4, 0.5) is 5.69 Å². The summed E-state index contributed by atoms with van der Waals surface area (Å²) in [4.78, 5) is 26.7. The number of rotatable bonds is 5. The summed E-state index contributed by atoms with van der Waals surface area (Å²) in [6.45, 7) is 4.80. The molecule has 1 saturated heterocycles. The molecule has 8 heteroatoms. The zero-order valence-electron chi connectivity index (χ0n) is 14.7. The molecule has 3 rings (SSSR count). The van der Waals surface area contributed by atoms with Crippen molar-refractivity contribution in [2.24, 2.45) is 5.92 Å². The third kappa shape index (κ3) is 4.40. The Kier molecular flexibility index (Phi) is 5.88. The molecule has 2 heterocycles. The molecule has 0 radical (unpaired) electrons. The largest absolute Gasteiger partial charge is 0.333 e. The summed E-state index contributed by atoms with van der Waals surface area (Å²) in [6.07, 6.45) is 2.32. The molecule has 0 spiro atoms. The fourth-order valence-corrected chi connectivity index (χ4v) is 4.08. The van der Waals surface area contributed by atoms with E-state index in [2.05, 4.69) is 15.5 Å². The van der Waals surface area contributed by atoms with Crippen LogP contribution in [0, 0.1) is 5.92 Å². The summed E-state index contributed by atoms with van der Waals surface area (Å²) >= 11 is 7.17. The van der Waals surface area contributed by atoms with Crippen LogP contribution in [0.3, 0.4) is 0 Å². The van der Waals surface area contributed by atoms with Gasteiger partial charge in [-0.1, -0.05) is 42.9 Å². The molecular formula is C18H21ClN4O2S. The number of aromatic nitrogens is 2. The zero-order valence-corrected chi connectivity index (χ0v) is 16.3. The van der Waals surface area contributed by atoms with Crippen LogP contribution in [-0.4, -0.2) is 33.5 Å². The molecule has 1 atom stereocenters. The number of likely N-dealkylation sites (tertiary alicyclic amines) is 1. The first kappa shape index (κ1) is 18.8. The van der Waals surface area contributed by atoms with Gasteiger partial charge in [-0.25, -0.2) is 0 Å². The van der Waals surface area contributed by atoms with E-state index in [0.29, 0.717) is 23.0 Å². The van der Waals surface area contributed by atoms with Gasteiger partial charge < -0.3 is 10.2 Å². The number of nitrogens with one attached hydrogen (secondary N) is 1. The van der Waals surface area contributed by atoms with E-state index in [9.17, 15) is 9.59 Å². The minimum absolute atomic E-state index is 0.0773. The number of nitrogens with zero attached hydrogens (tertiary/aromatic N) is 3. The van der Waals surface area contributed by atoms with Crippen LogP contribution in [0.1, 0.15) is 54.0 Å². The fourth-order valence-electron chi connectivity index (χ4n) is 3.00. The van der Waals surface area contributed by atoms with Gasteiger partial charge >= 0.3 is 0 Å². The fraction of sp³-hybridized carbons (Fsp3) is 0.444. The second-order valence-electron chi connectivity index (χ2n) is 6.75. The summed E-state index contributed by atoms with van der Waals surface area (Å²) in [6, 6.07) is 6.86. The standard InChI is InChI=1S/C18H21ClN4O2S/c1-11(2)9-15(24)23-8-4-7-14(23)17-21-22-18(26-17)16(25)20-13-6-3-5-12(19)10-13/h3,5-6,10-11,14H,4,7-9H2,1-2H3,(H,20,25)/t14-/m0/s1. The van der Waals surface area contributed by atoms with E-state index < -0.39 is 0 Å². The van der Waals surface area contributed by atoms with Gasteiger partial charge in [0.1, 0.15) is 5.01 Å². The first-order valence-electron chi connectivity index (χ1n) is 8.64. The third-order valence-electron chi connectivity index (χ3n) is 4.16. The normalized spacial score (nSPS) is 16.9. The second kappa shape index (κ2) is 8.14. The highest BCUT2D eigenvalue weighted by molar-refractivity contribution is 7.13. The van der Waals surface area contributed by atoms with Crippen molar-refractivity contribution in [3.8, 4) is 0 Å². The lowest BCUT2D eigenvalue weighted by molar-refractivity contribution is -0.132. The van der Waals surface area contributed by atoms with Crippen LogP contribution >= 0.6 is 22.9 Å². The molecular weight excluding hydrogens is 372 g/mol. The van der Waals surface area contributed by atoms with E-state index in [0.717, 1.165) is 24.4 Å². The van der Waals surface area contributed by atoms with Crippen molar-refractivity contribution in [1.29, 1.82) is 0 Å². The Labute approximate surface area is 161 Å². The molecule has 1 fully saturated rings. The Hall–Kier alpha value is -1.99. The van der Waals surface area contributed by atoms with Crippen LogP contribution in [0.15, 0.2) is 24.3 Å². The van der Waals surface area contributed by atoms with Gasteiger partial charge in [0.25, 0.3) is 5.91 Å². The molecule has 2 amide bonds. The Morgan fingerprint density at radius 1 is 1.38 bits per heavy atom. The molecule has 0 aliphatic carbocycles. The summed E-state index contributed by atoms with van der Waals surface area (Å²) in [5.41, 5.74) is 0.605. The van der Waals surface area contributed by atoms with Crippen LogP contribution in [0.5, 0.6) is 0 Å². The minimum Gasteiger partial charge on any atom is -0.333 e. The molecule has 2 aromatic rings. The molecule has 1 N–H and O–H groups in total. The highest BCUT2D eigenvalue weighted by atomic mass is 35.5. The van der Waals surface area contributed by atoms with Gasteiger partial charge in [0.2, 0.25) is 10.9 Å². The molecule has 6 nitrogen and oxygen atoms in total. The lowest BCUT2D eigenvalue weighted by Gasteiger charge is -2.23. The van der Waals surface area contributed by atoms with E-state index in [1.807, 2.05) is 18.7 Å². The maximum atomic E-state index is 12.4. The molecule has 26 heavy (non-hydrogen) atoms. The van der Waals surface area contributed by atoms with Gasteiger partial charge in [-0.05, 0) is 37.0 Å². The Balaban J connectivity index is 1.70. The maximum Gasteiger partial charge on any atom is 0.286 e. The molecule has 0 bridgehead atoms. The number of amides is 2. The number of anilines is 1. The summed E-state index contributed by atoms with van der Waals surface area (Å²) in [5, 5.41) is 12.5. The monoisotopic (exact) mass is 392 g/mol. The number of hydrogen-bond donors (Lipinski definition) is 1. The number of benzene rings is 1. The molecule has 0 saturated carbocycles. The number of carbonyl (C=O) groups is 2. The van der Waals surface area contributed by atoms with Crippen molar-refractivity contribution >= 4 is 40.4 Å². The van der Waals surface area contributed by atoms with Crippen LogP contribution in [0.2, 0.25) is 5.02 Å². The van der Waals surface area contributed by atoms with Crippen molar-refractivity contribution in [1.82, 2.24) is 15.1 Å². The average Bonchev–Trinajstić information content (AvgIpc) is 3.23. The smallest absolute Gasteiger partial charge is 0.286 e. The summed E-state index contributed by atoms with van der Waals surface area (Å²) in [7, 11) is 0. The van der Waals surface area contributed by atoms with Gasteiger partial charge in [-0.15, -0.1) is 10.2 Å². The second-order valence-corrected chi connectivity index (χ2v) is 8.20. The Bertz CT molecular complexity index is 808. The van der Waals surface area contributed by atoms with Gasteiger partial charge in [-0.2, -0.15) is 0 Å². The van der Waals surface area contributed by atoms with Gasteiger partial charge in [0.05, 0.1) is 6.04 Å². The molecule has 1 aliphatic heterocycles. The van der Waals surface area contributed by atoms with Crippen LogP contribution < -0.4 is 5.32 Å². The topological polar surface area (TPSA) is 75.2 Å². The molecule has 0 unspecified atom stereocenters. The van der Waals surface area contributed by atoms with Gasteiger partial charge in [0.15, 0.2) is 0 Å². The maximum absolute atomic E-state index is 12.4. The lowest BCUT2D eigenvalue weighted by atomic mass is 10.1. The number of hydrogen-bond acceptors (Lipinski definition) is 5. The first-order valence-corrected chi connectivity index (χ1v) is 9.83. The van der Waals surface area contributed by atoms with E-state index in [-0.39, 0.29) is 22.9 Å². The first-order chi connectivity index (χ1) is 12.4. The minimum atomic E-state index is -0.325. The predicted octanol–water partition coefficient (Wildman–Crippen LogP) is 4.15. The van der Waals surface area contributed by atoms with Crippen molar-refractivity contribution < 1.29 is 9.59 Å². The highest BCUT2D eigenvalue weighted by Gasteiger charge is 2.33. The van der Waals surface area contributed by atoms with E-state index in [1.165, 1.54) is 11.3 Å². The van der Waals surface area contributed by atoms with Crippen molar-refractivity contribution in [2.45, 2.75) is 39.2 Å². The highest BCUT2D eigenvalue weighted by Crippen LogP contribution is 2.34. The van der Waals surface area contributed by atoms with Gasteiger partial charge in [0, 0.05) is 23.7 Å². The van der Waals surface area contributed by atoms with Crippen LogP contribution in [0.25, 0.3) is 0 Å². The van der Waals surface area contributed by atoms with E-state index >= 15 is 0 Å². The Morgan fingerprint density at radius 2 is 2.19 bits per heavy atom. The molecule has 1 aromatic carbocycles. The van der Waals surface area contributed by atoms with Gasteiger partial charge in [-0.3, -0.25) is 9.59 Å². The predicted molar refractivity (Wildman–Crippen MR) is 102 cm³/mol. The van der Waals surface area contributed by atoms with E-state index in [1.54, 1.807) is 24.3 Å². The average molecular weight is 393 g/mol. The lowest BCUT2D eigenvalue weighted by Crippen LogP contribution is -2.31. The molecule has 1 aromatic heterocycles. The van der Waals surface area contributed by atoms with Crippen LogP contribution in [-0.2, 0) is 4.79 Å². The molecule has 138 valence electrons. The van der Waals surface area contributed by atoms with Crippen molar-refractivity contribution in [2.75, 3.05) is 11.9 Å². The Morgan fingerprint density at radius 3 is 2.92 bits per heavy atom. The summed E-state index contributed by atoms with van der Waals surface area (Å²) < 4.78 is 0. The zero-order chi connectivity index (χ0) is 18.7. The quantitative estimate of drug-likeness (QED) is 0.829. The third-order valence-corrected chi connectivity index (χ3v) is 5.42. The molecule has 1 aliphatic rings.